The Morgan fingerprint density at radius 3 is 2.65 bits per heavy atom. The van der Waals surface area contributed by atoms with Gasteiger partial charge in [-0.2, -0.15) is 0 Å². The van der Waals surface area contributed by atoms with E-state index in [1.54, 1.807) is 0 Å². The molecule has 2 rings (SSSR count). The molecule has 1 fully saturated rings. The Balaban J connectivity index is 2.10. The minimum atomic E-state index is 0.312. The van der Waals surface area contributed by atoms with E-state index in [9.17, 15) is 0 Å². The largest absolute Gasteiger partial charge is 0.375 e. The maximum Gasteiger partial charge on any atom is 0.110 e. The number of likely N-dealkylation sites (N-methyl/N-ethyl adjacent to an activating group) is 1. The number of aryl methyl sites for hydroxylation is 1. The van der Waals surface area contributed by atoms with Crippen molar-refractivity contribution < 1.29 is 4.74 Å². The molecule has 4 nitrogen and oxygen atoms in total. The van der Waals surface area contributed by atoms with Crippen LogP contribution in [0.5, 0.6) is 0 Å². The molecule has 5 unspecified atom stereocenters. The van der Waals surface area contributed by atoms with Crippen molar-refractivity contribution >= 4 is 0 Å². The van der Waals surface area contributed by atoms with Crippen molar-refractivity contribution in [2.45, 2.75) is 65.3 Å². The van der Waals surface area contributed by atoms with Crippen LogP contribution in [0.2, 0.25) is 0 Å². The van der Waals surface area contributed by atoms with Gasteiger partial charge >= 0.3 is 0 Å². The summed E-state index contributed by atoms with van der Waals surface area (Å²) in [7, 11) is 2.06. The average Bonchev–Trinajstić information content (AvgIpc) is 2.94. The maximum absolute atomic E-state index is 6.00. The molecule has 1 N–H and O–H groups in total. The summed E-state index contributed by atoms with van der Waals surface area (Å²) in [5, 5.41) is 3.50. The standard InChI is InChI=1S/C16H29N3O/c1-6-8-19-9-7-18-15(19)10-14(17-5)16-11(2)12(3)20-13(16)4/h7,9,11-14,16-17H,6,8,10H2,1-5H3. The van der Waals surface area contributed by atoms with Gasteiger partial charge in [0.15, 0.2) is 0 Å². The number of aromatic nitrogens is 2. The highest BCUT2D eigenvalue weighted by molar-refractivity contribution is 5.00. The molecule has 1 aromatic rings. The van der Waals surface area contributed by atoms with E-state index in [0.717, 1.165) is 19.4 Å². The molecule has 4 heteroatoms. The van der Waals surface area contributed by atoms with Gasteiger partial charge in [-0.1, -0.05) is 13.8 Å². The number of ether oxygens (including phenoxy) is 1. The third kappa shape index (κ3) is 3.07. The number of nitrogens with one attached hydrogen (secondary N) is 1. The Bertz CT molecular complexity index is 418. The van der Waals surface area contributed by atoms with E-state index in [0.29, 0.717) is 30.1 Å². The van der Waals surface area contributed by atoms with Gasteiger partial charge in [0.25, 0.3) is 0 Å². The highest BCUT2D eigenvalue weighted by atomic mass is 16.5. The zero-order chi connectivity index (χ0) is 14.7. The summed E-state index contributed by atoms with van der Waals surface area (Å²) in [6.45, 7) is 9.95. The van der Waals surface area contributed by atoms with E-state index in [1.807, 2.05) is 6.20 Å². The fraction of sp³-hybridized carbons (Fsp3) is 0.812. The highest BCUT2D eigenvalue weighted by Gasteiger charge is 2.41. The van der Waals surface area contributed by atoms with Crippen LogP contribution in [-0.2, 0) is 17.7 Å². The van der Waals surface area contributed by atoms with Gasteiger partial charge in [-0.3, -0.25) is 0 Å². The lowest BCUT2D eigenvalue weighted by Crippen LogP contribution is -2.42. The predicted octanol–water partition coefficient (Wildman–Crippen LogP) is 2.48. The summed E-state index contributed by atoms with van der Waals surface area (Å²) in [5.74, 6) is 2.31. The second kappa shape index (κ2) is 6.72. The summed E-state index contributed by atoms with van der Waals surface area (Å²) in [4.78, 5) is 4.55. The van der Waals surface area contributed by atoms with Crippen molar-refractivity contribution in [2.75, 3.05) is 7.05 Å². The van der Waals surface area contributed by atoms with Crippen molar-refractivity contribution in [3.63, 3.8) is 0 Å². The van der Waals surface area contributed by atoms with Gasteiger partial charge in [-0.25, -0.2) is 4.98 Å². The van der Waals surface area contributed by atoms with Crippen LogP contribution < -0.4 is 5.32 Å². The quantitative estimate of drug-likeness (QED) is 0.869. The van der Waals surface area contributed by atoms with Gasteiger partial charge in [0.05, 0.1) is 12.2 Å². The van der Waals surface area contributed by atoms with Crippen LogP contribution >= 0.6 is 0 Å². The Hall–Kier alpha value is -0.870. The number of rotatable bonds is 6. The first-order valence-electron chi connectivity index (χ1n) is 7.91. The van der Waals surface area contributed by atoms with E-state index in [2.05, 4.69) is 55.8 Å². The number of hydrogen-bond donors (Lipinski definition) is 1. The fourth-order valence-electron chi connectivity index (χ4n) is 3.59. The summed E-state index contributed by atoms with van der Waals surface area (Å²) >= 11 is 0. The Morgan fingerprint density at radius 2 is 2.10 bits per heavy atom. The van der Waals surface area contributed by atoms with Gasteiger partial charge in [0, 0.05) is 37.3 Å². The minimum absolute atomic E-state index is 0.312. The molecule has 0 amide bonds. The molecule has 2 heterocycles. The van der Waals surface area contributed by atoms with Crippen LogP contribution in [0, 0.1) is 11.8 Å². The van der Waals surface area contributed by atoms with E-state index in [4.69, 9.17) is 4.74 Å². The first kappa shape index (κ1) is 15.5. The minimum Gasteiger partial charge on any atom is -0.375 e. The molecule has 0 aromatic carbocycles. The topological polar surface area (TPSA) is 39.1 Å². The molecule has 5 atom stereocenters. The van der Waals surface area contributed by atoms with Crippen molar-refractivity contribution in [1.82, 2.24) is 14.9 Å². The van der Waals surface area contributed by atoms with Crippen molar-refractivity contribution in [3.05, 3.63) is 18.2 Å². The van der Waals surface area contributed by atoms with Crippen LogP contribution in [-0.4, -0.2) is 34.8 Å². The molecule has 0 aliphatic carbocycles. The van der Waals surface area contributed by atoms with Crippen LogP contribution in [0.1, 0.15) is 39.9 Å². The van der Waals surface area contributed by atoms with Gasteiger partial charge in [0.1, 0.15) is 5.82 Å². The molecular weight excluding hydrogens is 250 g/mol. The van der Waals surface area contributed by atoms with Crippen LogP contribution in [0.4, 0.5) is 0 Å². The summed E-state index contributed by atoms with van der Waals surface area (Å²) in [6.07, 6.45) is 6.78. The number of nitrogens with zero attached hydrogens (tertiary/aromatic N) is 2. The molecule has 20 heavy (non-hydrogen) atoms. The average molecular weight is 279 g/mol. The molecule has 1 aliphatic heterocycles. The van der Waals surface area contributed by atoms with Crippen LogP contribution in [0.3, 0.4) is 0 Å². The second-order valence-corrected chi connectivity index (χ2v) is 6.12. The molecule has 0 spiro atoms. The third-order valence-electron chi connectivity index (χ3n) is 4.82. The number of hydrogen-bond acceptors (Lipinski definition) is 3. The molecular formula is C16H29N3O. The second-order valence-electron chi connectivity index (χ2n) is 6.12. The molecule has 1 aromatic heterocycles. The highest BCUT2D eigenvalue weighted by Crippen LogP contribution is 2.35. The first-order chi connectivity index (χ1) is 9.58. The SMILES string of the molecule is CCCn1ccnc1CC(NC)C1C(C)OC(C)C1C. The monoisotopic (exact) mass is 279 g/mol. The molecule has 114 valence electrons. The Labute approximate surface area is 122 Å². The zero-order valence-corrected chi connectivity index (χ0v) is 13.5. The van der Waals surface area contributed by atoms with E-state index >= 15 is 0 Å². The van der Waals surface area contributed by atoms with Gasteiger partial charge in [-0.05, 0) is 33.2 Å². The zero-order valence-electron chi connectivity index (χ0n) is 13.5. The summed E-state index contributed by atoms with van der Waals surface area (Å²) in [6, 6.07) is 0.419. The number of imidazole rings is 1. The molecule has 0 bridgehead atoms. The summed E-state index contributed by atoms with van der Waals surface area (Å²) in [5.41, 5.74) is 0. The van der Waals surface area contributed by atoms with Gasteiger partial charge < -0.3 is 14.6 Å². The lowest BCUT2D eigenvalue weighted by atomic mass is 9.82. The van der Waals surface area contributed by atoms with Gasteiger partial charge in [-0.15, -0.1) is 0 Å². The van der Waals surface area contributed by atoms with E-state index in [-0.39, 0.29) is 0 Å². The molecule has 0 saturated carbocycles. The van der Waals surface area contributed by atoms with E-state index < -0.39 is 0 Å². The first-order valence-corrected chi connectivity index (χ1v) is 7.91. The molecule has 0 radical (unpaired) electrons. The van der Waals surface area contributed by atoms with Crippen molar-refractivity contribution in [1.29, 1.82) is 0 Å². The fourth-order valence-corrected chi connectivity index (χ4v) is 3.59. The smallest absolute Gasteiger partial charge is 0.110 e. The molecule has 1 saturated heterocycles. The lowest BCUT2D eigenvalue weighted by molar-refractivity contribution is 0.0478. The van der Waals surface area contributed by atoms with Crippen LogP contribution in [0.15, 0.2) is 12.4 Å². The van der Waals surface area contributed by atoms with Crippen molar-refractivity contribution in [3.8, 4) is 0 Å². The summed E-state index contributed by atoms with van der Waals surface area (Å²) < 4.78 is 8.28. The normalized spacial score (nSPS) is 31.6. The maximum atomic E-state index is 6.00. The van der Waals surface area contributed by atoms with Crippen LogP contribution in [0.25, 0.3) is 0 Å². The molecule has 1 aliphatic rings. The van der Waals surface area contributed by atoms with E-state index in [1.165, 1.54) is 5.82 Å². The predicted molar refractivity (Wildman–Crippen MR) is 81.7 cm³/mol. The lowest BCUT2D eigenvalue weighted by Gasteiger charge is -2.28. The van der Waals surface area contributed by atoms with Crippen molar-refractivity contribution in [2.24, 2.45) is 11.8 Å². The van der Waals surface area contributed by atoms with Gasteiger partial charge in [0.2, 0.25) is 0 Å². The Morgan fingerprint density at radius 1 is 1.35 bits per heavy atom. The third-order valence-corrected chi connectivity index (χ3v) is 4.82. The Kier molecular flexibility index (Phi) is 5.22.